The summed E-state index contributed by atoms with van der Waals surface area (Å²) in [6, 6.07) is 0. The van der Waals surface area contributed by atoms with E-state index in [1.165, 1.54) is 0 Å². The van der Waals surface area contributed by atoms with E-state index in [1.807, 2.05) is 0 Å². The highest BCUT2D eigenvalue weighted by atomic mass is 19.4. The summed E-state index contributed by atoms with van der Waals surface area (Å²) in [4.78, 5) is 13.1. The average Bonchev–Trinajstić information content (AvgIpc) is 2.40. The predicted octanol–water partition coefficient (Wildman–Crippen LogP) is 6.29. The number of hydrogen-bond donors (Lipinski definition) is 1. The third-order valence-corrected chi connectivity index (χ3v) is 5.88. The highest BCUT2D eigenvalue weighted by Gasteiger charge is 2.71. The van der Waals surface area contributed by atoms with Crippen molar-refractivity contribution < 1.29 is 41.0 Å². The molecule has 0 spiro atoms. The van der Waals surface area contributed by atoms with Crippen LogP contribution in [0.3, 0.4) is 0 Å². The molecule has 0 aromatic carbocycles. The van der Waals surface area contributed by atoms with Crippen molar-refractivity contribution in [3.8, 4) is 0 Å². The molecule has 1 unspecified atom stereocenters. The molecule has 1 atom stereocenters. The van der Waals surface area contributed by atoms with Gasteiger partial charge < -0.3 is 9.84 Å². The summed E-state index contributed by atoms with van der Waals surface area (Å²) in [5.41, 5.74) is -7.59. The maximum absolute atomic E-state index is 13.1. The molecule has 0 saturated carbocycles. The number of halogens is 6. The van der Waals surface area contributed by atoms with E-state index in [9.17, 15) is 36.2 Å². The molecule has 174 valence electrons. The van der Waals surface area contributed by atoms with Gasteiger partial charge in [0.15, 0.2) is 0 Å². The molecule has 0 bridgehead atoms. The number of hydrogen-bond acceptors (Lipinski definition) is 3. The molecule has 0 radical (unpaired) electrons. The Morgan fingerprint density at radius 1 is 0.828 bits per heavy atom. The minimum absolute atomic E-state index is 0.259. The van der Waals surface area contributed by atoms with Gasteiger partial charge in [-0.1, -0.05) is 55.4 Å². The van der Waals surface area contributed by atoms with Gasteiger partial charge in [0.1, 0.15) is 6.10 Å². The number of esters is 1. The summed E-state index contributed by atoms with van der Waals surface area (Å²) in [5, 5.41) is 9.56. The minimum Gasteiger partial charge on any atom is -0.462 e. The van der Waals surface area contributed by atoms with Crippen LogP contribution in [0, 0.1) is 22.2 Å². The Morgan fingerprint density at radius 2 is 1.17 bits per heavy atom. The number of alkyl halides is 6. The molecule has 0 amide bonds. The van der Waals surface area contributed by atoms with Crippen molar-refractivity contribution in [1.82, 2.24) is 0 Å². The average molecular weight is 436 g/mol. The Morgan fingerprint density at radius 3 is 1.41 bits per heavy atom. The van der Waals surface area contributed by atoms with E-state index in [-0.39, 0.29) is 12.3 Å². The van der Waals surface area contributed by atoms with E-state index in [2.05, 4.69) is 0 Å². The molecule has 29 heavy (non-hydrogen) atoms. The molecule has 0 aliphatic carbocycles. The lowest BCUT2D eigenvalue weighted by Gasteiger charge is -2.49. The summed E-state index contributed by atoms with van der Waals surface area (Å²) in [5.74, 6) is -1.26. The summed E-state index contributed by atoms with van der Waals surface area (Å²) >= 11 is 0. The van der Waals surface area contributed by atoms with Gasteiger partial charge in [-0.25, -0.2) is 0 Å². The third-order valence-electron chi connectivity index (χ3n) is 5.88. The molecule has 0 aromatic rings. The van der Waals surface area contributed by atoms with Crippen LogP contribution < -0.4 is 0 Å². The summed E-state index contributed by atoms with van der Waals surface area (Å²) in [7, 11) is 0. The molecule has 0 saturated heterocycles. The highest BCUT2D eigenvalue weighted by molar-refractivity contribution is 5.78. The van der Waals surface area contributed by atoms with Crippen molar-refractivity contribution in [2.45, 2.75) is 99.2 Å². The van der Waals surface area contributed by atoms with Crippen molar-refractivity contribution >= 4 is 5.97 Å². The second-order valence-electron chi connectivity index (χ2n) is 10.3. The largest absolute Gasteiger partial charge is 0.462 e. The van der Waals surface area contributed by atoms with Crippen LogP contribution in [-0.4, -0.2) is 35.1 Å². The van der Waals surface area contributed by atoms with Crippen LogP contribution in [0.2, 0.25) is 0 Å². The van der Waals surface area contributed by atoms with E-state index in [0.29, 0.717) is 0 Å². The van der Waals surface area contributed by atoms with Crippen LogP contribution >= 0.6 is 0 Å². The first-order valence-electron chi connectivity index (χ1n) is 9.48. The van der Waals surface area contributed by atoms with Gasteiger partial charge in [-0.3, -0.25) is 4.79 Å². The molecule has 0 fully saturated rings. The highest BCUT2D eigenvalue weighted by Crippen LogP contribution is 2.53. The van der Waals surface area contributed by atoms with Gasteiger partial charge in [-0.15, -0.1) is 0 Å². The second-order valence-corrected chi connectivity index (χ2v) is 10.3. The maximum atomic E-state index is 13.1. The van der Waals surface area contributed by atoms with Crippen LogP contribution in [-0.2, 0) is 9.53 Å². The van der Waals surface area contributed by atoms with Crippen LogP contribution in [0.25, 0.3) is 0 Å². The first kappa shape index (κ1) is 28.0. The van der Waals surface area contributed by atoms with Crippen molar-refractivity contribution in [3.05, 3.63) is 0 Å². The predicted molar refractivity (Wildman–Crippen MR) is 98.0 cm³/mol. The fourth-order valence-electron chi connectivity index (χ4n) is 3.43. The van der Waals surface area contributed by atoms with E-state index in [4.69, 9.17) is 4.74 Å². The number of rotatable bonds is 6. The van der Waals surface area contributed by atoms with Gasteiger partial charge in [-0.05, 0) is 30.1 Å². The standard InChI is InChI=1S/C20H34F6O3/c1-12(2)10-13(11-18(28,19(21,22)23)20(24,25)26)29-14(27)17(9,15(3,4)5)16(6,7)8/h12-13,28H,10-11H2,1-9H3. The number of carbonyl (C=O) groups is 1. The normalized spacial score (nSPS) is 16.2. The Hall–Kier alpha value is -0.990. The van der Waals surface area contributed by atoms with E-state index in [1.54, 1.807) is 62.3 Å². The van der Waals surface area contributed by atoms with Crippen molar-refractivity contribution in [1.29, 1.82) is 0 Å². The molecule has 0 aromatic heterocycles. The van der Waals surface area contributed by atoms with E-state index in [0.717, 1.165) is 0 Å². The Kier molecular flexibility index (Phi) is 7.99. The molecule has 1 N–H and O–H groups in total. The lowest BCUT2D eigenvalue weighted by molar-refractivity contribution is -0.374. The number of aliphatic hydroxyl groups is 1. The molecule has 0 aliphatic rings. The quantitative estimate of drug-likeness (QED) is 0.393. The molecule has 9 heteroatoms. The monoisotopic (exact) mass is 436 g/mol. The SMILES string of the molecule is CC(C)CC(CC(O)(C(F)(F)F)C(F)(F)F)OC(=O)C(C)(C(C)(C)C)C(C)(C)C. The van der Waals surface area contributed by atoms with Crippen LogP contribution in [0.5, 0.6) is 0 Å². The zero-order valence-electron chi connectivity index (χ0n) is 18.6. The Bertz CT molecular complexity index is 537. The first-order chi connectivity index (χ1) is 12.4. The number of carbonyl (C=O) groups excluding carboxylic acids is 1. The smallest absolute Gasteiger partial charge is 0.426 e. The topological polar surface area (TPSA) is 46.5 Å². The maximum Gasteiger partial charge on any atom is 0.426 e. The second kappa shape index (κ2) is 8.27. The Labute approximate surface area is 169 Å². The molecule has 3 nitrogen and oxygen atoms in total. The lowest BCUT2D eigenvalue weighted by Crippen LogP contribution is -2.59. The van der Waals surface area contributed by atoms with Crippen LogP contribution in [0.4, 0.5) is 26.3 Å². The van der Waals surface area contributed by atoms with Crippen LogP contribution in [0.1, 0.15) is 75.2 Å². The van der Waals surface area contributed by atoms with Crippen molar-refractivity contribution in [2.24, 2.45) is 22.2 Å². The van der Waals surface area contributed by atoms with Crippen LogP contribution in [0.15, 0.2) is 0 Å². The Balaban J connectivity index is 6.15. The molecular formula is C20H34F6O3. The molecule has 0 rings (SSSR count). The van der Waals surface area contributed by atoms with Gasteiger partial charge in [0.05, 0.1) is 5.41 Å². The van der Waals surface area contributed by atoms with Gasteiger partial charge in [0, 0.05) is 6.42 Å². The molecule has 0 aliphatic heterocycles. The molecule has 0 heterocycles. The van der Waals surface area contributed by atoms with Gasteiger partial charge in [-0.2, -0.15) is 26.3 Å². The number of ether oxygens (including phenoxy) is 1. The minimum atomic E-state index is -5.97. The fourth-order valence-corrected chi connectivity index (χ4v) is 3.43. The van der Waals surface area contributed by atoms with Gasteiger partial charge in [0.2, 0.25) is 0 Å². The first-order valence-corrected chi connectivity index (χ1v) is 9.48. The zero-order valence-corrected chi connectivity index (χ0v) is 18.6. The fraction of sp³-hybridized carbons (Fsp3) is 0.950. The summed E-state index contributed by atoms with van der Waals surface area (Å²) in [6.07, 6.45) is -15.8. The van der Waals surface area contributed by atoms with Gasteiger partial charge in [0.25, 0.3) is 5.60 Å². The zero-order chi connectivity index (χ0) is 23.9. The summed E-state index contributed by atoms with van der Waals surface area (Å²) in [6.45, 7) is 15.2. The van der Waals surface area contributed by atoms with E-state index >= 15 is 0 Å². The third kappa shape index (κ3) is 5.79. The molecular weight excluding hydrogens is 402 g/mol. The van der Waals surface area contributed by atoms with E-state index < -0.39 is 52.7 Å². The van der Waals surface area contributed by atoms with Crippen molar-refractivity contribution in [2.75, 3.05) is 0 Å². The lowest BCUT2D eigenvalue weighted by atomic mass is 9.55. The summed E-state index contributed by atoms with van der Waals surface area (Å²) < 4.78 is 84.1. The van der Waals surface area contributed by atoms with Crippen molar-refractivity contribution in [3.63, 3.8) is 0 Å². The van der Waals surface area contributed by atoms with Gasteiger partial charge >= 0.3 is 18.3 Å².